The van der Waals surface area contributed by atoms with Crippen LogP contribution in [0, 0.1) is 11.3 Å². The van der Waals surface area contributed by atoms with Crippen molar-refractivity contribution in [3.63, 3.8) is 0 Å². The molecule has 1 N–H and O–H groups in total. The van der Waals surface area contributed by atoms with Gasteiger partial charge in [0.05, 0.1) is 17.3 Å². The maximum atomic E-state index is 13.1. The number of anilines is 1. The Labute approximate surface area is 157 Å². The molecule has 1 amide bonds. The van der Waals surface area contributed by atoms with Crippen molar-refractivity contribution < 1.29 is 9.90 Å². The summed E-state index contributed by atoms with van der Waals surface area (Å²) in [7, 11) is 0. The molecular weight excluding hydrogens is 338 g/mol. The number of nitrogens with zero attached hydrogens (tertiary/aromatic N) is 3. The van der Waals surface area contributed by atoms with Gasteiger partial charge in [0.1, 0.15) is 5.75 Å². The molecule has 1 aliphatic heterocycles. The van der Waals surface area contributed by atoms with E-state index in [9.17, 15) is 15.2 Å². The zero-order chi connectivity index (χ0) is 18.8. The number of fused-ring (bicyclic) bond motifs is 1. The third-order valence-corrected chi connectivity index (χ3v) is 4.93. The van der Waals surface area contributed by atoms with Gasteiger partial charge < -0.3 is 5.11 Å². The normalized spacial score (nSPS) is 14.2. The van der Waals surface area contributed by atoms with Crippen LogP contribution in [0.3, 0.4) is 0 Å². The van der Waals surface area contributed by atoms with E-state index >= 15 is 0 Å². The topological polar surface area (TPSA) is 67.6 Å². The minimum atomic E-state index is -0.0943. The highest BCUT2D eigenvalue weighted by Gasteiger charge is 2.27. The number of phenols is 1. The second-order valence-corrected chi connectivity index (χ2v) is 6.60. The molecule has 0 atom stereocenters. The van der Waals surface area contributed by atoms with Crippen LogP contribution in [0.4, 0.5) is 5.69 Å². The van der Waals surface area contributed by atoms with Crippen LogP contribution in [-0.4, -0.2) is 29.1 Å². The fourth-order valence-corrected chi connectivity index (χ4v) is 3.59. The van der Waals surface area contributed by atoms with Gasteiger partial charge in [-0.1, -0.05) is 24.3 Å². The summed E-state index contributed by atoms with van der Waals surface area (Å²) in [5.41, 5.74) is 2.09. The molecule has 0 saturated carbocycles. The third-order valence-electron chi connectivity index (χ3n) is 4.93. The Hall–Kier alpha value is -3.52. The molecule has 1 saturated heterocycles. The zero-order valence-corrected chi connectivity index (χ0v) is 14.8. The van der Waals surface area contributed by atoms with Crippen LogP contribution in [0.15, 0.2) is 60.7 Å². The summed E-state index contributed by atoms with van der Waals surface area (Å²) in [6, 6.07) is 20.1. The highest BCUT2D eigenvalue weighted by Crippen LogP contribution is 2.32. The lowest BCUT2D eigenvalue weighted by Crippen LogP contribution is -2.50. The molecule has 5 nitrogen and oxygen atoms in total. The van der Waals surface area contributed by atoms with Gasteiger partial charge in [-0.3, -0.25) is 9.80 Å². The first-order valence-electron chi connectivity index (χ1n) is 8.99. The van der Waals surface area contributed by atoms with Gasteiger partial charge in [-0.15, -0.1) is 0 Å². The third kappa shape index (κ3) is 3.06. The average molecular weight is 357 g/mol. The van der Waals surface area contributed by atoms with Crippen molar-refractivity contribution in [2.45, 2.75) is 12.8 Å². The van der Waals surface area contributed by atoms with Gasteiger partial charge in [-0.25, -0.2) is 5.01 Å². The first kappa shape index (κ1) is 16.9. The Morgan fingerprint density at radius 1 is 0.926 bits per heavy atom. The highest BCUT2D eigenvalue weighted by atomic mass is 16.3. The van der Waals surface area contributed by atoms with E-state index in [4.69, 9.17) is 0 Å². The number of nitriles is 1. The summed E-state index contributed by atoms with van der Waals surface area (Å²) in [6.07, 6.45) is 1.93. The van der Waals surface area contributed by atoms with Crippen molar-refractivity contribution >= 4 is 22.4 Å². The number of rotatable bonds is 2. The number of hydrogen-bond acceptors (Lipinski definition) is 4. The molecule has 134 valence electrons. The van der Waals surface area contributed by atoms with Crippen LogP contribution in [0.5, 0.6) is 5.75 Å². The summed E-state index contributed by atoms with van der Waals surface area (Å²) in [4.78, 5) is 13.1. The predicted molar refractivity (Wildman–Crippen MR) is 104 cm³/mol. The van der Waals surface area contributed by atoms with E-state index < -0.39 is 0 Å². The van der Waals surface area contributed by atoms with Crippen LogP contribution in [0.2, 0.25) is 0 Å². The molecule has 1 aliphatic rings. The molecule has 0 bridgehead atoms. The molecule has 0 aromatic heterocycles. The van der Waals surface area contributed by atoms with Gasteiger partial charge in [-0.2, -0.15) is 5.26 Å². The molecular formula is C22H19N3O2. The van der Waals surface area contributed by atoms with Gasteiger partial charge in [0.25, 0.3) is 5.91 Å². The Morgan fingerprint density at radius 3 is 2.37 bits per heavy atom. The summed E-state index contributed by atoms with van der Waals surface area (Å²) in [5.74, 6) is 0.0447. The van der Waals surface area contributed by atoms with Crippen molar-refractivity contribution in [2.75, 3.05) is 18.1 Å². The Bertz CT molecular complexity index is 1040. The van der Waals surface area contributed by atoms with Gasteiger partial charge in [0.15, 0.2) is 0 Å². The summed E-state index contributed by atoms with van der Waals surface area (Å²) in [6.45, 7) is 1.37. The quantitative estimate of drug-likeness (QED) is 0.750. The smallest absolute Gasteiger partial charge is 0.272 e. The number of aromatic hydroxyl groups is 1. The molecule has 4 rings (SSSR count). The van der Waals surface area contributed by atoms with Crippen molar-refractivity contribution in [3.8, 4) is 11.8 Å². The number of hydrogen-bond donors (Lipinski definition) is 1. The van der Waals surface area contributed by atoms with Gasteiger partial charge in [0.2, 0.25) is 0 Å². The fraction of sp³-hybridized carbons (Fsp3) is 0.182. The SMILES string of the molecule is N#Cc1ccc(N2CCCCN2C(=O)c2ccc(O)cc2)c2ccccc12. The van der Waals surface area contributed by atoms with E-state index in [0.29, 0.717) is 17.7 Å². The minimum Gasteiger partial charge on any atom is -0.508 e. The van der Waals surface area contributed by atoms with E-state index in [0.717, 1.165) is 35.8 Å². The maximum absolute atomic E-state index is 13.1. The number of hydrazine groups is 1. The van der Waals surface area contributed by atoms with Crippen LogP contribution < -0.4 is 5.01 Å². The lowest BCUT2D eigenvalue weighted by molar-refractivity contribution is 0.0704. The van der Waals surface area contributed by atoms with Crippen LogP contribution in [0.25, 0.3) is 10.8 Å². The number of phenolic OH excluding ortho intramolecular Hbond substituents is 1. The molecule has 3 aromatic rings. The summed E-state index contributed by atoms with van der Waals surface area (Å²) < 4.78 is 0. The monoisotopic (exact) mass is 357 g/mol. The van der Waals surface area contributed by atoms with Crippen LogP contribution in [-0.2, 0) is 0 Å². The van der Waals surface area contributed by atoms with Crippen molar-refractivity contribution in [2.24, 2.45) is 0 Å². The number of carbonyl (C=O) groups is 1. The lowest BCUT2D eigenvalue weighted by atomic mass is 10.0. The molecule has 27 heavy (non-hydrogen) atoms. The molecule has 1 heterocycles. The molecule has 5 heteroatoms. The number of benzene rings is 3. The minimum absolute atomic E-state index is 0.0943. The largest absolute Gasteiger partial charge is 0.508 e. The second-order valence-electron chi connectivity index (χ2n) is 6.60. The van der Waals surface area contributed by atoms with E-state index in [1.807, 2.05) is 41.4 Å². The van der Waals surface area contributed by atoms with Gasteiger partial charge >= 0.3 is 0 Å². The molecule has 1 fully saturated rings. The number of amides is 1. The highest BCUT2D eigenvalue weighted by molar-refractivity contribution is 6.00. The summed E-state index contributed by atoms with van der Waals surface area (Å²) >= 11 is 0. The fourth-order valence-electron chi connectivity index (χ4n) is 3.59. The Balaban J connectivity index is 1.77. The molecule has 0 unspecified atom stereocenters. The first-order valence-corrected chi connectivity index (χ1v) is 8.99. The Kier molecular flexibility index (Phi) is 4.39. The van der Waals surface area contributed by atoms with Crippen LogP contribution in [0.1, 0.15) is 28.8 Å². The van der Waals surface area contributed by atoms with Gasteiger partial charge in [0, 0.05) is 29.4 Å². The summed E-state index contributed by atoms with van der Waals surface area (Å²) in [5, 5.41) is 24.5. The first-order chi connectivity index (χ1) is 13.2. The van der Waals surface area contributed by atoms with Crippen molar-refractivity contribution in [1.82, 2.24) is 5.01 Å². The zero-order valence-electron chi connectivity index (χ0n) is 14.8. The van der Waals surface area contributed by atoms with Gasteiger partial charge in [-0.05, 0) is 49.2 Å². The predicted octanol–water partition coefficient (Wildman–Crippen LogP) is 4.07. The molecule has 3 aromatic carbocycles. The molecule has 0 aliphatic carbocycles. The standard InChI is InChI=1S/C22H19N3O2/c23-15-17-9-12-21(20-6-2-1-5-19(17)20)24-13-3-4-14-25(24)22(27)16-7-10-18(26)11-8-16/h1-2,5-12,26H,3-4,13-14H2. The van der Waals surface area contributed by atoms with E-state index in [1.165, 1.54) is 12.1 Å². The Morgan fingerprint density at radius 2 is 1.63 bits per heavy atom. The van der Waals surface area contributed by atoms with E-state index in [-0.39, 0.29) is 11.7 Å². The maximum Gasteiger partial charge on any atom is 0.272 e. The van der Waals surface area contributed by atoms with Crippen molar-refractivity contribution in [1.29, 1.82) is 5.26 Å². The number of carbonyl (C=O) groups excluding carboxylic acids is 1. The molecule has 0 spiro atoms. The van der Waals surface area contributed by atoms with E-state index in [2.05, 4.69) is 6.07 Å². The van der Waals surface area contributed by atoms with E-state index in [1.54, 1.807) is 17.1 Å². The second kappa shape index (κ2) is 7.00. The lowest BCUT2D eigenvalue weighted by Gasteiger charge is -2.40. The average Bonchev–Trinajstić information content (AvgIpc) is 2.73. The molecule has 0 radical (unpaired) electrons. The van der Waals surface area contributed by atoms with Crippen LogP contribution >= 0.6 is 0 Å². The van der Waals surface area contributed by atoms with Crippen molar-refractivity contribution in [3.05, 3.63) is 71.8 Å².